The van der Waals surface area contributed by atoms with E-state index in [9.17, 15) is 8.78 Å². The number of nitrogens with zero attached hydrogens (tertiary/aromatic N) is 2. The first-order chi connectivity index (χ1) is 7.22. The highest BCUT2D eigenvalue weighted by Gasteiger charge is 2.11. The van der Waals surface area contributed by atoms with Crippen LogP contribution < -0.4 is 5.73 Å². The van der Waals surface area contributed by atoms with Crippen LogP contribution in [-0.4, -0.2) is 9.78 Å². The second-order valence-corrected chi connectivity index (χ2v) is 3.03. The molecule has 15 heavy (non-hydrogen) atoms. The molecule has 2 N–H and O–H groups in total. The van der Waals surface area contributed by atoms with E-state index in [1.54, 1.807) is 6.07 Å². The van der Waals surface area contributed by atoms with Gasteiger partial charge in [0, 0.05) is 12.7 Å². The first kappa shape index (κ1) is 9.79. The molecule has 0 bridgehead atoms. The molecule has 0 saturated heterocycles. The van der Waals surface area contributed by atoms with Crippen LogP contribution in [-0.2, 0) is 6.54 Å². The Morgan fingerprint density at radius 1 is 1.20 bits per heavy atom. The summed E-state index contributed by atoms with van der Waals surface area (Å²) in [6.45, 7) is 0.239. The predicted octanol–water partition coefficient (Wildman–Crippen LogP) is 1.61. The second-order valence-electron chi connectivity index (χ2n) is 3.03. The van der Waals surface area contributed by atoms with Gasteiger partial charge in [-0.05, 0) is 18.2 Å². The van der Waals surface area contributed by atoms with E-state index in [1.165, 1.54) is 24.4 Å². The van der Waals surface area contributed by atoms with Gasteiger partial charge in [0.1, 0.15) is 5.69 Å². The van der Waals surface area contributed by atoms with E-state index in [0.717, 1.165) is 4.68 Å². The number of rotatable bonds is 2. The molecule has 5 heteroatoms. The van der Waals surface area contributed by atoms with Gasteiger partial charge in [0.25, 0.3) is 0 Å². The third kappa shape index (κ3) is 1.73. The van der Waals surface area contributed by atoms with Gasteiger partial charge in [0.2, 0.25) is 0 Å². The fourth-order valence-corrected chi connectivity index (χ4v) is 1.30. The number of benzene rings is 1. The van der Waals surface area contributed by atoms with Crippen molar-refractivity contribution in [3.63, 3.8) is 0 Å². The van der Waals surface area contributed by atoms with Crippen molar-refractivity contribution in [3.8, 4) is 5.69 Å². The molecule has 0 unspecified atom stereocenters. The second kappa shape index (κ2) is 3.78. The summed E-state index contributed by atoms with van der Waals surface area (Å²) >= 11 is 0. The van der Waals surface area contributed by atoms with E-state index in [4.69, 9.17) is 5.73 Å². The van der Waals surface area contributed by atoms with E-state index in [0.29, 0.717) is 5.69 Å². The van der Waals surface area contributed by atoms with Crippen molar-refractivity contribution < 1.29 is 8.78 Å². The summed E-state index contributed by atoms with van der Waals surface area (Å²) in [4.78, 5) is 0. The molecule has 2 rings (SSSR count). The molecular formula is C10H9F2N3. The maximum atomic E-state index is 13.3. The van der Waals surface area contributed by atoms with Gasteiger partial charge in [-0.25, -0.2) is 13.5 Å². The Labute approximate surface area is 85.1 Å². The van der Waals surface area contributed by atoms with Crippen LogP contribution in [0.1, 0.15) is 5.69 Å². The Hall–Kier alpha value is -1.75. The minimum Gasteiger partial charge on any atom is -0.325 e. The van der Waals surface area contributed by atoms with E-state index < -0.39 is 11.6 Å². The lowest BCUT2D eigenvalue weighted by Crippen LogP contribution is -2.04. The van der Waals surface area contributed by atoms with Gasteiger partial charge in [-0.3, -0.25) is 0 Å². The molecule has 0 saturated carbocycles. The van der Waals surface area contributed by atoms with Crippen LogP contribution >= 0.6 is 0 Å². The molecule has 0 fully saturated rings. The number of nitrogens with two attached hydrogens (primary N) is 1. The van der Waals surface area contributed by atoms with Crippen LogP contribution in [0.15, 0.2) is 30.5 Å². The zero-order valence-corrected chi connectivity index (χ0v) is 7.82. The fourth-order valence-electron chi connectivity index (χ4n) is 1.30. The highest BCUT2D eigenvalue weighted by molar-refractivity contribution is 5.34. The molecule has 0 aliphatic carbocycles. The largest absolute Gasteiger partial charge is 0.325 e. The van der Waals surface area contributed by atoms with Crippen LogP contribution in [0.5, 0.6) is 0 Å². The quantitative estimate of drug-likeness (QED) is 0.816. The molecule has 1 heterocycles. The van der Waals surface area contributed by atoms with Crippen LogP contribution in [0.3, 0.4) is 0 Å². The summed E-state index contributed by atoms with van der Waals surface area (Å²) in [7, 11) is 0. The standard InChI is InChI=1S/C10H9F2N3/c11-8-2-1-3-9(12)10(8)15-5-4-7(6-13)14-15/h1-5H,6,13H2. The van der Waals surface area contributed by atoms with Crippen molar-refractivity contribution in [3.05, 3.63) is 47.8 Å². The van der Waals surface area contributed by atoms with E-state index in [1.807, 2.05) is 0 Å². The molecule has 0 spiro atoms. The molecule has 1 aromatic heterocycles. The van der Waals surface area contributed by atoms with Gasteiger partial charge in [-0.2, -0.15) is 5.10 Å². The third-order valence-electron chi connectivity index (χ3n) is 2.02. The summed E-state index contributed by atoms with van der Waals surface area (Å²) < 4.78 is 27.8. The summed E-state index contributed by atoms with van der Waals surface area (Å²) in [6.07, 6.45) is 1.48. The van der Waals surface area contributed by atoms with Crippen LogP contribution in [0, 0.1) is 11.6 Å². The van der Waals surface area contributed by atoms with Crippen molar-refractivity contribution in [2.75, 3.05) is 0 Å². The molecular weight excluding hydrogens is 200 g/mol. The smallest absolute Gasteiger partial charge is 0.151 e. The molecule has 0 atom stereocenters. The molecule has 0 amide bonds. The first-order valence-electron chi connectivity index (χ1n) is 4.41. The predicted molar refractivity (Wildman–Crippen MR) is 51.4 cm³/mol. The Balaban J connectivity index is 2.53. The number of hydrogen-bond donors (Lipinski definition) is 1. The van der Waals surface area contributed by atoms with Crippen molar-refractivity contribution in [2.45, 2.75) is 6.54 Å². The number of halogens is 2. The molecule has 0 aliphatic heterocycles. The minimum absolute atomic E-state index is 0.183. The molecule has 2 aromatic rings. The minimum atomic E-state index is -0.651. The molecule has 1 aromatic carbocycles. The SMILES string of the molecule is NCc1ccn(-c2c(F)cccc2F)n1. The zero-order chi connectivity index (χ0) is 10.8. The Morgan fingerprint density at radius 2 is 1.87 bits per heavy atom. The van der Waals surface area contributed by atoms with Crippen molar-refractivity contribution in [1.82, 2.24) is 9.78 Å². The average Bonchev–Trinajstić information content (AvgIpc) is 2.66. The van der Waals surface area contributed by atoms with Crippen molar-refractivity contribution in [2.24, 2.45) is 5.73 Å². The van der Waals surface area contributed by atoms with E-state index in [-0.39, 0.29) is 12.2 Å². The maximum Gasteiger partial charge on any atom is 0.151 e. The zero-order valence-electron chi connectivity index (χ0n) is 7.82. The maximum absolute atomic E-state index is 13.3. The lowest BCUT2D eigenvalue weighted by molar-refractivity contribution is 0.559. The number of aromatic nitrogens is 2. The Morgan fingerprint density at radius 3 is 2.40 bits per heavy atom. The van der Waals surface area contributed by atoms with Crippen molar-refractivity contribution in [1.29, 1.82) is 0 Å². The average molecular weight is 209 g/mol. The summed E-state index contributed by atoms with van der Waals surface area (Å²) in [5.74, 6) is -1.30. The van der Waals surface area contributed by atoms with Gasteiger partial charge in [-0.1, -0.05) is 6.07 Å². The van der Waals surface area contributed by atoms with Gasteiger partial charge < -0.3 is 5.73 Å². The van der Waals surface area contributed by atoms with Gasteiger partial charge in [-0.15, -0.1) is 0 Å². The van der Waals surface area contributed by atoms with Crippen molar-refractivity contribution >= 4 is 0 Å². The third-order valence-corrected chi connectivity index (χ3v) is 2.02. The summed E-state index contributed by atoms with van der Waals surface area (Å²) in [5.41, 5.74) is 5.75. The lowest BCUT2D eigenvalue weighted by Gasteiger charge is -2.03. The summed E-state index contributed by atoms with van der Waals surface area (Å²) in [6, 6.07) is 5.29. The number of para-hydroxylation sites is 1. The van der Waals surface area contributed by atoms with E-state index in [2.05, 4.69) is 5.10 Å². The Kier molecular flexibility index (Phi) is 2.47. The first-order valence-corrected chi connectivity index (χ1v) is 4.41. The van der Waals surface area contributed by atoms with Gasteiger partial charge in [0.15, 0.2) is 11.6 Å². The topological polar surface area (TPSA) is 43.8 Å². The lowest BCUT2D eigenvalue weighted by atomic mass is 10.3. The van der Waals surface area contributed by atoms with E-state index >= 15 is 0 Å². The molecule has 78 valence electrons. The van der Waals surface area contributed by atoms with Crippen LogP contribution in [0.2, 0.25) is 0 Å². The molecule has 0 radical (unpaired) electrons. The molecule has 3 nitrogen and oxygen atoms in total. The number of hydrogen-bond acceptors (Lipinski definition) is 2. The van der Waals surface area contributed by atoms with Crippen LogP contribution in [0.4, 0.5) is 8.78 Å². The van der Waals surface area contributed by atoms with Crippen LogP contribution in [0.25, 0.3) is 5.69 Å². The Bertz CT molecular complexity index is 459. The highest BCUT2D eigenvalue weighted by atomic mass is 19.1. The fraction of sp³-hybridized carbons (Fsp3) is 0.100. The monoisotopic (exact) mass is 209 g/mol. The molecule has 0 aliphatic rings. The van der Waals surface area contributed by atoms with Gasteiger partial charge >= 0.3 is 0 Å². The highest BCUT2D eigenvalue weighted by Crippen LogP contribution is 2.16. The normalized spacial score (nSPS) is 10.6. The summed E-state index contributed by atoms with van der Waals surface area (Å²) in [5, 5.41) is 3.93. The van der Waals surface area contributed by atoms with Gasteiger partial charge in [0.05, 0.1) is 5.69 Å².